The van der Waals surface area contributed by atoms with Crippen molar-refractivity contribution >= 4 is 0 Å². The maximum Gasteiger partial charge on any atom is 0.162 e. The van der Waals surface area contributed by atoms with Crippen LogP contribution in [0.3, 0.4) is 0 Å². The number of hydrogen-bond donors (Lipinski definition) is 0. The van der Waals surface area contributed by atoms with Gasteiger partial charge in [-0.15, -0.1) is 0 Å². The van der Waals surface area contributed by atoms with Gasteiger partial charge in [0.1, 0.15) is 11.6 Å². The summed E-state index contributed by atoms with van der Waals surface area (Å²) < 4.78 is 50.3. The van der Waals surface area contributed by atoms with Gasteiger partial charge in [-0.25, -0.2) is 13.2 Å². The lowest BCUT2D eigenvalue weighted by Crippen LogP contribution is -2.16. The van der Waals surface area contributed by atoms with Crippen molar-refractivity contribution in [2.45, 2.75) is 109 Å². The zero-order valence-electron chi connectivity index (χ0n) is 22.1. The molecule has 0 N–H and O–H groups in total. The van der Waals surface area contributed by atoms with E-state index in [1.54, 1.807) is 0 Å². The number of halogens is 3. The quantitative estimate of drug-likeness (QED) is 0.295. The van der Waals surface area contributed by atoms with E-state index in [1.165, 1.54) is 6.07 Å². The number of hydrogen-bond acceptors (Lipinski definition) is 1. The highest BCUT2D eigenvalue weighted by molar-refractivity contribution is 5.32. The number of rotatable bonds is 10. The Hall–Kier alpha value is -1.97. The van der Waals surface area contributed by atoms with Gasteiger partial charge in [0.15, 0.2) is 11.6 Å². The molecule has 0 unspecified atom stereocenters. The molecular formula is C32H43F3O. The molecule has 2 aromatic rings. The van der Waals surface area contributed by atoms with E-state index in [0.717, 1.165) is 82.6 Å². The summed E-state index contributed by atoms with van der Waals surface area (Å²) in [5.74, 6) is 0.726. The molecule has 0 radical (unpaired) electrons. The van der Waals surface area contributed by atoms with Crippen molar-refractivity contribution in [3.05, 3.63) is 64.5 Å². The van der Waals surface area contributed by atoms with Gasteiger partial charge < -0.3 is 4.74 Å². The second-order valence-electron chi connectivity index (χ2n) is 11.4. The Morgan fingerprint density at radius 2 is 1.44 bits per heavy atom. The molecule has 0 heterocycles. The largest absolute Gasteiger partial charge is 0.493 e. The Morgan fingerprint density at radius 3 is 2.14 bits per heavy atom. The SMILES string of the molecule is CCCCCOc1ccc(C2CCC(CCc3ccc(C4CCC(C)CC4)c(F)c3F)CC2)c(F)c1. The van der Waals surface area contributed by atoms with Crippen LogP contribution >= 0.6 is 0 Å². The fourth-order valence-corrected chi connectivity index (χ4v) is 6.28. The fourth-order valence-electron chi connectivity index (χ4n) is 6.28. The summed E-state index contributed by atoms with van der Waals surface area (Å²) in [4.78, 5) is 0. The predicted molar refractivity (Wildman–Crippen MR) is 141 cm³/mol. The van der Waals surface area contributed by atoms with Crippen LogP contribution in [0.25, 0.3) is 0 Å². The molecule has 4 heteroatoms. The maximum absolute atomic E-state index is 14.9. The molecule has 2 aliphatic rings. The number of ether oxygens (including phenoxy) is 1. The Labute approximate surface area is 215 Å². The lowest BCUT2D eigenvalue weighted by molar-refractivity contribution is 0.298. The molecule has 0 spiro atoms. The lowest BCUT2D eigenvalue weighted by Gasteiger charge is -2.29. The second kappa shape index (κ2) is 13.0. The monoisotopic (exact) mass is 500 g/mol. The molecule has 4 rings (SSSR count). The van der Waals surface area contributed by atoms with Crippen molar-refractivity contribution in [3.8, 4) is 5.75 Å². The molecular weight excluding hydrogens is 457 g/mol. The van der Waals surface area contributed by atoms with E-state index < -0.39 is 11.6 Å². The van der Waals surface area contributed by atoms with Crippen molar-refractivity contribution in [3.63, 3.8) is 0 Å². The van der Waals surface area contributed by atoms with E-state index in [2.05, 4.69) is 13.8 Å². The molecule has 0 bridgehead atoms. The maximum atomic E-state index is 14.9. The average molecular weight is 501 g/mol. The summed E-state index contributed by atoms with van der Waals surface area (Å²) in [6.45, 7) is 5.02. The van der Waals surface area contributed by atoms with Gasteiger partial charge in [0, 0.05) is 6.07 Å². The summed E-state index contributed by atoms with van der Waals surface area (Å²) in [5, 5.41) is 0. The van der Waals surface area contributed by atoms with Crippen molar-refractivity contribution in [1.29, 1.82) is 0 Å². The van der Waals surface area contributed by atoms with E-state index >= 15 is 0 Å². The van der Waals surface area contributed by atoms with Crippen LogP contribution in [-0.4, -0.2) is 6.61 Å². The van der Waals surface area contributed by atoms with Gasteiger partial charge >= 0.3 is 0 Å². The van der Waals surface area contributed by atoms with Crippen LogP contribution in [0, 0.1) is 29.3 Å². The van der Waals surface area contributed by atoms with E-state index in [4.69, 9.17) is 4.74 Å². The number of unbranched alkanes of at least 4 members (excludes halogenated alkanes) is 2. The second-order valence-corrected chi connectivity index (χ2v) is 11.4. The van der Waals surface area contributed by atoms with Gasteiger partial charge in [0.25, 0.3) is 0 Å². The zero-order valence-corrected chi connectivity index (χ0v) is 22.1. The van der Waals surface area contributed by atoms with Gasteiger partial charge in [-0.2, -0.15) is 0 Å². The average Bonchev–Trinajstić information content (AvgIpc) is 2.89. The zero-order chi connectivity index (χ0) is 25.5. The molecule has 2 saturated carbocycles. The minimum atomic E-state index is -0.640. The Bertz CT molecular complexity index is 972. The first-order valence-electron chi connectivity index (χ1n) is 14.3. The standard InChI is InChI=1S/C32H43F3O/c1-3-4-5-20-36-27-17-19-28(30(33)21-27)24-13-8-23(9-14-24)10-15-26-16-18-29(32(35)31(26)34)25-11-6-22(2)7-12-25/h16-19,21-25H,3-15,20H2,1-2H3. The highest BCUT2D eigenvalue weighted by atomic mass is 19.2. The summed E-state index contributed by atoms with van der Waals surface area (Å²) in [7, 11) is 0. The van der Waals surface area contributed by atoms with Crippen LogP contribution < -0.4 is 4.74 Å². The molecule has 0 atom stereocenters. The molecule has 198 valence electrons. The summed E-state index contributed by atoms with van der Waals surface area (Å²) >= 11 is 0. The number of benzene rings is 2. The van der Waals surface area contributed by atoms with E-state index in [0.29, 0.717) is 41.7 Å². The van der Waals surface area contributed by atoms with Crippen LogP contribution in [0.5, 0.6) is 5.75 Å². The normalized spacial score (nSPS) is 24.6. The van der Waals surface area contributed by atoms with Crippen LogP contribution in [0.1, 0.15) is 119 Å². The van der Waals surface area contributed by atoms with Crippen molar-refractivity contribution in [2.24, 2.45) is 11.8 Å². The van der Waals surface area contributed by atoms with Crippen LogP contribution in [0.2, 0.25) is 0 Å². The number of aryl methyl sites for hydroxylation is 1. The van der Waals surface area contributed by atoms with Crippen LogP contribution in [0.4, 0.5) is 13.2 Å². The summed E-state index contributed by atoms with van der Waals surface area (Å²) in [6, 6.07) is 8.97. The van der Waals surface area contributed by atoms with Gasteiger partial charge in [-0.1, -0.05) is 57.7 Å². The molecule has 36 heavy (non-hydrogen) atoms. The van der Waals surface area contributed by atoms with E-state index in [1.807, 2.05) is 24.3 Å². The third-order valence-electron chi connectivity index (χ3n) is 8.74. The molecule has 2 aliphatic carbocycles. The molecule has 1 nitrogen and oxygen atoms in total. The van der Waals surface area contributed by atoms with Crippen molar-refractivity contribution in [1.82, 2.24) is 0 Å². The third-order valence-corrected chi connectivity index (χ3v) is 8.74. The van der Waals surface area contributed by atoms with Gasteiger partial charge in [-0.05, 0) is 104 Å². The van der Waals surface area contributed by atoms with Crippen LogP contribution in [-0.2, 0) is 6.42 Å². The molecule has 2 aromatic carbocycles. The first-order valence-corrected chi connectivity index (χ1v) is 14.3. The third kappa shape index (κ3) is 6.86. The fraction of sp³-hybridized carbons (Fsp3) is 0.625. The molecule has 2 fully saturated rings. The highest BCUT2D eigenvalue weighted by Gasteiger charge is 2.27. The minimum absolute atomic E-state index is 0.155. The Morgan fingerprint density at radius 1 is 0.778 bits per heavy atom. The summed E-state index contributed by atoms with van der Waals surface area (Å²) in [6.07, 6.45) is 12.7. The first-order chi connectivity index (χ1) is 17.5. The lowest BCUT2D eigenvalue weighted by atomic mass is 9.76. The molecule has 0 aromatic heterocycles. The molecule has 0 aliphatic heterocycles. The smallest absolute Gasteiger partial charge is 0.162 e. The van der Waals surface area contributed by atoms with Gasteiger partial charge in [-0.3, -0.25) is 0 Å². The topological polar surface area (TPSA) is 9.23 Å². The van der Waals surface area contributed by atoms with E-state index in [9.17, 15) is 13.2 Å². The van der Waals surface area contributed by atoms with Crippen LogP contribution in [0.15, 0.2) is 30.3 Å². The van der Waals surface area contributed by atoms with Crippen molar-refractivity contribution in [2.75, 3.05) is 6.61 Å². The Kier molecular flexibility index (Phi) is 9.79. The minimum Gasteiger partial charge on any atom is -0.493 e. The first kappa shape index (κ1) is 27.1. The Balaban J connectivity index is 1.26. The predicted octanol–water partition coefficient (Wildman–Crippen LogP) is 9.87. The summed E-state index contributed by atoms with van der Waals surface area (Å²) in [5.41, 5.74) is 1.86. The highest BCUT2D eigenvalue weighted by Crippen LogP contribution is 2.40. The van der Waals surface area contributed by atoms with Gasteiger partial charge in [0.2, 0.25) is 0 Å². The van der Waals surface area contributed by atoms with E-state index in [-0.39, 0.29) is 17.7 Å². The molecule has 0 saturated heterocycles. The van der Waals surface area contributed by atoms with Crippen molar-refractivity contribution < 1.29 is 17.9 Å². The molecule has 0 amide bonds. The van der Waals surface area contributed by atoms with Gasteiger partial charge in [0.05, 0.1) is 6.61 Å².